The number of ether oxygens (including phenoxy) is 1. The van der Waals surface area contributed by atoms with Gasteiger partial charge in [-0.15, -0.1) is 11.3 Å². The molecule has 4 nitrogen and oxygen atoms in total. The fourth-order valence-corrected chi connectivity index (χ4v) is 4.37. The molecule has 1 aliphatic rings. The normalized spacial score (nSPS) is 22.4. The van der Waals surface area contributed by atoms with Crippen LogP contribution in [0.1, 0.15) is 58.1 Å². The van der Waals surface area contributed by atoms with E-state index in [2.05, 4.69) is 17.2 Å². The van der Waals surface area contributed by atoms with Crippen LogP contribution in [0.2, 0.25) is 5.02 Å². The standard InChI is InChI=1S/C20H25ClN2O2S/c1-3-4-5-6-9-14-12-20(2,25-18(14)24)17-13-26-19(23-17)22-16-11-8-7-10-15(16)21/h7-8,10-11,13-14H,3-6,9,12H2,1-2H3,(H,22,23)/t14-,20-/m0/s1. The summed E-state index contributed by atoms with van der Waals surface area (Å²) >= 11 is 7.68. The highest BCUT2D eigenvalue weighted by molar-refractivity contribution is 7.13. The highest BCUT2D eigenvalue weighted by Gasteiger charge is 2.45. The number of hydrogen-bond acceptors (Lipinski definition) is 5. The molecule has 0 amide bonds. The first kappa shape index (κ1) is 19.2. The third-order valence-electron chi connectivity index (χ3n) is 4.86. The van der Waals surface area contributed by atoms with Crippen LogP contribution in [0.5, 0.6) is 0 Å². The first-order valence-electron chi connectivity index (χ1n) is 9.22. The molecule has 1 aromatic heterocycles. The Morgan fingerprint density at radius 2 is 2.15 bits per heavy atom. The molecule has 0 saturated carbocycles. The van der Waals surface area contributed by atoms with Gasteiger partial charge in [0, 0.05) is 11.8 Å². The van der Waals surface area contributed by atoms with E-state index in [0.717, 1.165) is 29.4 Å². The number of nitrogens with one attached hydrogen (secondary N) is 1. The molecule has 2 atom stereocenters. The lowest BCUT2D eigenvalue weighted by molar-refractivity contribution is -0.150. The summed E-state index contributed by atoms with van der Waals surface area (Å²) in [4.78, 5) is 16.9. The van der Waals surface area contributed by atoms with E-state index in [1.807, 2.05) is 36.6 Å². The summed E-state index contributed by atoms with van der Waals surface area (Å²) in [7, 11) is 0. The van der Waals surface area contributed by atoms with Crippen LogP contribution < -0.4 is 5.32 Å². The summed E-state index contributed by atoms with van der Waals surface area (Å²) in [5, 5.41) is 6.60. The lowest BCUT2D eigenvalue weighted by Gasteiger charge is -2.20. The van der Waals surface area contributed by atoms with Crippen LogP contribution in [-0.4, -0.2) is 11.0 Å². The van der Waals surface area contributed by atoms with Gasteiger partial charge in [-0.1, -0.05) is 56.3 Å². The molecule has 0 radical (unpaired) electrons. The van der Waals surface area contributed by atoms with Crippen molar-refractivity contribution in [2.75, 3.05) is 5.32 Å². The number of aromatic nitrogens is 1. The number of carbonyl (C=O) groups is 1. The number of rotatable bonds is 8. The van der Waals surface area contributed by atoms with Crippen LogP contribution in [0.3, 0.4) is 0 Å². The monoisotopic (exact) mass is 392 g/mol. The van der Waals surface area contributed by atoms with E-state index < -0.39 is 5.60 Å². The molecule has 2 heterocycles. The van der Waals surface area contributed by atoms with Gasteiger partial charge >= 0.3 is 5.97 Å². The number of thiazole rings is 1. The fraction of sp³-hybridized carbons (Fsp3) is 0.500. The number of benzene rings is 1. The fourth-order valence-electron chi connectivity index (χ4n) is 3.35. The maximum atomic E-state index is 12.3. The maximum Gasteiger partial charge on any atom is 0.310 e. The lowest BCUT2D eigenvalue weighted by atomic mass is 9.90. The van der Waals surface area contributed by atoms with Crippen LogP contribution in [0, 0.1) is 5.92 Å². The number of cyclic esters (lactones) is 1. The van der Waals surface area contributed by atoms with Gasteiger partial charge < -0.3 is 10.1 Å². The molecule has 0 aliphatic carbocycles. The summed E-state index contributed by atoms with van der Waals surface area (Å²) in [6, 6.07) is 7.56. The average molecular weight is 393 g/mol. The van der Waals surface area contributed by atoms with Crippen molar-refractivity contribution in [2.45, 2.75) is 58.0 Å². The van der Waals surface area contributed by atoms with E-state index in [9.17, 15) is 4.79 Å². The molecule has 0 unspecified atom stereocenters. The van der Waals surface area contributed by atoms with Crippen molar-refractivity contribution >= 4 is 39.7 Å². The van der Waals surface area contributed by atoms with Gasteiger partial charge in [0.1, 0.15) is 0 Å². The number of para-hydroxylation sites is 1. The van der Waals surface area contributed by atoms with Crippen molar-refractivity contribution < 1.29 is 9.53 Å². The molecule has 140 valence electrons. The highest BCUT2D eigenvalue weighted by Crippen LogP contribution is 2.42. The Morgan fingerprint density at radius 1 is 1.35 bits per heavy atom. The zero-order chi connectivity index (χ0) is 18.6. The van der Waals surface area contributed by atoms with E-state index in [0.29, 0.717) is 11.4 Å². The van der Waals surface area contributed by atoms with Gasteiger partial charge in [-0.05, 0) is 25.5 Å². The lowest BCUT2D eigenvalue weighted by Crippen LogP contribution is -2.21. The molecular weight excluding hydrogens is 368 g/mol. The topological polar surface area (TPSA) is 51.2 Å². The third kappa shape index (κ3) is 4.38. The van der Waals surface area contributed by atoms with Gasteiger partial charge in [-0.3, -0.25) is 4.79 Å². The average Bonchev–Trinajstić information content (AvgIpc) is 3.19. The summed E-state index contributed by atoms with van der Waals surface area (Å²) in [6.45, 7) is 4.16. The first-order valence-corrected chi connectivity index (χ1v) is 10.5. The molecule has 2 aromatic rings. The van der Waals surface area contributed by atoms with Crippen LogP contribution in [0.25, 0.3) is 0 Å². The number of hydrogen-bond donors (Lipinski definition) is 1. The van der Waals surface area contributed by atoms with Crippen molar-refractivity contribution in [1.29, 1.82) is 0 Å². The molecule has 1 saturated heterocycles. The predicted molar refractivity (Wildman–Crippen MR) is 107 cm³/mol. The Morgan fingerprint density at radius 3 is 2.92 bits per heavy atom. The van der Waals surface area contributed by atoms with E-state index >= 15 is 0 Å². The molecule has 26 heavy (non-hydrogen) atoms. The highest BCUT2D eigenvalue weighted by atomic mass is 35.5. The quantitative estimate of drug-likeness (QED) is 0.423. The third-order valence-corrected chi connectivity index (χ3v) is 5.95. The molecular formula is C20H25ClN2O2S. The largest absolute Gasteiger partial charge is 0.453 e. The summed E-state index contributed by atoms with van der Waals surface area (Å²) in [6.07, 6.45) is 6.30. The number of halogens is 1. The minimum atomic E-state index is -0.635. The second-order valence-corrected chi connectivity index (χ2v) is 8.31. The minimum absolute atomic E-state index is 0.0152. The van der Waals surface area contributed by atoms with Crippen molar-refractivity contribution in [2.24, 2.45) is 5.92 Å². The molecule has 0 bridgehead atoms. The zero-order valence-corrected chi connectivity index (χ0v) is 16.8. The number of unbranched alkanes of at least 4 members (excludes halogenated alkanes) is 3. The van der Waals surface area contributed by atoms with Gasteiger partial charge in [0.05, 0.1) is 22.3 Å². The Bertz CT molecular complexity index is 764. The van der Waals surface area contributed by atoms with Gasteiger partial charge in [0.25, 0.3) is 0 Å². The number of carbonyl (C=O) groups excluding carboxylic acids is 1. The van der Waals surface area contributed by atoms with Gasteiger partial charge in [0.2, 0.25) is 0 Å². The Hall–Kier alpha value is -1.59. The Kier molecular flexibility index (Phi) is 6.20. The van der Waals surface area contributed by atoms with E-state index in [4.69, 9.17) is 16.3 Å². The molecule has 3 rings (SSSR count). The van der Waals surface area contributed by atoms with Crippen molar-refractivity contribution in [3.8, 4) is 0 Å². The Labute approximate surface area is 163 Å². The second kappa shape index (κ2) is 8.40. The number of nitrogens with zero attached hydrogens (tertiary/aromatic N) is 1. The van der Waals surface area contributed by atoms with Crippen molar-refractivity contribution in [1.82, 2.24) is 4.98 Å². The molecule has 1 N–H and O–H groups in total. The van der Waals surface area contributed by atoms with Crippen LogP contribution in [0.4, 0.5) is 10.8 Å². The first-order chi connectivity index (χ1) is 12.5. The zero-order valence-electron chi connectivity index (χ0n) is 15.3. The van der Waals surface area contributed by atoms with Crippen LogP contribution in [-0.2, 0) is 15.1 Å². The number of esters is 1. The van der Waals surface area contributed by atoms with Crippen LogP contribution >= 0.6 is 22.9 Å². The van der Waals surface area contributed by atoms with Gasteiger partial charge in [0.15, 0.2) is 10.7 Å². The van der Waals surface area contributed by atoms with Gasteiger partial charge in [-0.25, -0.2) is 4.98 Å². The van der Waals surface area contributed by atoms with Crippen molar-refractivity contribution in [3.63, 3.8) is 0 Å². The smallest absolute Gasteiger partial charge is 0.310 e. The van der Waals surface area contributed by atoms with Crippen LogP contribution in [0.15, 0.2) is 29.6 Å². The maximum absolute atomic E-state index is 12.3. The van der Waals surface area contributed by atoms with Gasteiger partial charge in [-0.2, -0.15) is 0 Å². The van der Waals surface area contributed by atoms with E-state index in [1.54, 1.807) is 0 Å². The van der Waals surface area contributed by atoms with E-state index in [-0.39, 0.29) is 11.9 Å². The molecule has 1 aromatic carbocycles. The SMILES string of the molecule is CCCCCC[C@H]1C[C@@](C)(c2csc(Nc3ccccc3Cl)n2)OC1=O. The molecule has 1 fully saturated rings. The van der Waals surface area contributed by atoms with E-state index in [1.165, 1.54) is 30.6 Å². The van der Waals surface area contributed by atoms with Crippen molar-refractivity contribution in [3.05, 3.63) is 40.4 Å². The summed E-state index contributed by atoms with van der Waals surface area (Å²) in [5.41, 5.74) is 0.988. The molecule has 6 heteroatoms. The predicted octanol–water partition coefficient (Wildman–Crippen LogP) is 6.29. The Balaban J connectivity index is 1.65. The molecule has 1 aliphatic heterocycles. The number of anilines is 2. The molecule has 0 spiro atoms. The minimum Gasteiger partial charge on any atom is -0.453 e. The summed E-state index contributed by atoms with van der Waals surface area (Å²) < 4.78 is 5.74. The summed E-state index contributed by atoms with van der Waals surface area (Å²) in [5.74, 6) is -0.101. The second-order valence-electron chi connectivity index (χ2n) is 7.05.